The lowest BCUT2D eigenvalue weighted by Gasteiger charge is -2.06. The first-order chi connectivity index (χ1) is 18.2. The molecular weight excluding hydrogens is 468 g/mol. The molecule has 0 bridgehead atoms. The second-order valence-electron chi connectivity index (χ2n) is 8.16. The monoisotopic (exact) mass is 486 g/mol. The fraction of sp³-hybridized carbons (Fsp3) is 0.0345. The van der Waals surface area contributed by atoms with Crippen LogP contribution in [0.15, 0.2) is 104 Å². The Morgan fingerprint density at radius 2 is 1.78 bits per heavy atom. The van der Waals surface area contributed by atoms with Crippen molar-refractivity contribution in [3.05, 3.63) is 107 Å². The highest BCUT2D eigenvalue weighted by molar-refractivity contribution is 5.88. The average Bonchev–Trinajstić information content (AvgIpc) is 3.60. The molecule has 8 nitrogen and oxygen atoms in total. The van der Waals surface area contributed by atoms with Gasteiger partial charge in [0.15, 0.2) is 5.76 Å². The smallest absolute Gasteiger partial charge is 0.282 e. The van der Waals surface area contributed by atoms with Gasteiger partial charge in [-0.3, -0.25) is 4.79 Å². The lowest BCUT2D eigenvalue weighted by molar-refractivity contribution is 0.419. The minimum Gasteiger partial charge on any atom is -0.496 e. The van der Waals surface area contributed by atoms with Gasteiger partial charge >= 0.3 is 0 Å². The van der Waals surface area contributed by atoms with Gasteiger partial charge in [-0.2, -0.15) is 15.0 Å². The Bertz CT molecular complexity index is 1920. The molecule has 0 aliphatic heterocycles. The number of nitriles is 1. The van der Waals surface area contributed by atoms with Crippen molar-refractivity contribution in [3.8, 4) is 34.7 Å². The summed E-state index contributed by atoms with van der Waals surface area (Å²) in [7, 11) is 1.59. The van der Waals surface area contributed by atoms with E-state index in [1.165, 1.54) is 10.9 Å². The number of hydrogen-bond acceptors (Lipinski definition) is 7. The van der Waals surface area contributed by atoms with E-state index in [4.69, 9.17) is 18.6 Å². The summed E-state index contributed by atoms with van der Waals surface area (Å²) in [4.78, 5) is 18.2. The molecule has 6 rings (SSSR count). The molecule has 178 valence electrons. The molecule has 0 unspecified atom stereocenters. The quantitative estimate of drug-likeness (QED) is 0.284. The number of para-hydroxylation sites is 1. The third kappa shape index (κ3) is 3.85. The van der Waals surface area contributed by atoms with E-state index in [1.54, 1.807) is 55.6 Å². The van der Waals surface area contributed by atoms with Crippen LogP contribution in [-0.4, -0.2) is 23.0 Å². The third-order valence-electron chi connectivity index (χ3n) is 5.96. The largest absolute Gasteiger partial charge is 0.496 e. The van der Waals surface area contributed by atoms with Gasteiger partial charge in [-0.05, 0) is 54.6 Å². The molecule has 8 heteroatoms. The van der Waals surface area contributed by atoms with Gasteiger partial charge in [0, 0.05) is 5.56 Å². The van der Waals surface area contributed by atoms with Crippen molar-refractivity contribution in [2.45, 2.75) is 0 Å². The minimum atomic E-state index is -0.356. The first kappa shape index (κ1) is 22.1. The summed E-state index contributed by atoms with van der Waals surface area (Å²) in [6.07, 6.45) is 1.43. The van der Waals surface area contributed by atoms with Gasteiger partial charge in [0.2, 0.25) is 5.82 Å². The maximum absolute atomic E-state index is 13.5. The molecule has 0 saturated carbocycles. The van der Waals surface area contributed by atoms with Crippen LogP contribution in [0.4, 0.5) is 0 Å². The predicted octanol–water partition coefficient (Wildman–Crippen LogP) is 5.83. The van der Waals surface area contributed by atoms with Gasteiger partial charge in [-0.25, -0.2) is 4.98 Å². The average molecular weight is 486 g/mol. The van der Waals surface area contributed by atoms with Crippen molar-refractivity contribution in [3.63, 3.8) is 0 Å². The van der Waals surface area contributed by atoms with E-state index in [0.717, 1.165) is 5.39 Å². The molecule has 3 aromatic heterocycles. The number of furan rings is 2. The number of methoxy groups -OCH3 is 1. The van der Waals surface area contributed by atoms with Crippen LogP contribution in [0.2, 0.25) is 0 Å². The van der Waals surface area contributed by atoms with Gasteiger partial charge in [0.1, 0.15) is 22.9 Å². The summed E-state index contributed by atoms with van der Waals surface area (Å²) in [5, 5.41) is 15.0. The van der Waals surface area contributed by atoms with E-state index < -0.39 is 0 Å². The standard InChI is InChI=1S/C29H18N4O4/c1-35-24-11-6-12-25-22(24)15-27(37-25)28-32-23-10-5-4-9-21(23)29(34)33(28)31-17-19-13-14-26(36-19)20-8-3-2-7-18(20)16-30/h2-15,17H,1H3. The first-order valence-electron chi connectivity index (χ1n) is 11.4. The minimum absolute atomic E-state index is 0.236. The molecule has 3 aromatic carbocycles. The van der Waals surface area contributed by atoms with Crippen molar-refractivity contribution in [1.29, 1.82) is 5.26 Å². The number of ether oxygens (including phenoxy) is 1. The van der Waals surface area contributed by atoms with Gasteiger partial charge in [-0.15, -0.1) is 0 Å². The van der Waals surface area contributed by atoms with Crippen LogP contribution in [0.3, 0.4) is 0 Å². The number of nitrogens with zero attached hydrogens (tertiary/aromatic N) is 4. The van der Waals surface area contributed by atoms with Crippen LogP contribution in [0.5, 0.6) is 5.75 Å². The van der Waals surface area contributed by atoms with Gasteiger partial charge in [0.25, 0.3) is 5.56 Å². The topological polar surface area (TPSA) is 107 Å². The Kier molecular flexibility index (Phi) is 5.36. The van der Waals surface area contributed by atoms with Crippen LogP contribution in [0.25, 0.3) is 44.8 Å². The summed E-state index contributed by atoms with van der Waals surface area (Å²) in [6, 6.07) is 27.1. The SMILES string of the molecule is COc1cccc2oc(-c3nc4ccccc4c(=O)n3N=Cc3ccc(-c4ccccc4C#N)o3)cc12. The molecule has 0 fully saturated rings. The zero-order chi connectivity index (χ0) is 25.4. The second-order valence-corrected chi connectivity index (χ2v) is 8.16. The van der Waals surface area contributed by atoms with Crippen molar-refractivity contribution >= 4 is 28.1 Å². The highest BCUT2D eigenvalue weighted by atomic mass is 16.5. The Labute approximate surface area is 210 Å². The lowest BCUT2D eigenvalue weighted by Crippen LogP contribution is -2.20. The summed E-state index contributed by atoms with van der Waals surface area (Å²) in [6.45, 7) is 0. The van der Waals surface area contributed by atoms with Crippen LogP contribution in [-0.2, 0) is 0 Å². The fourth-order valence-corrected chi connectivity index (χ4v) is 4.19. The summed E-state index contributed by atoms with van der Waals surface area (Å²) in [5.41, 5.74) is 1.93. The number of benzene rings is 3. The number of fused-ring (bicyclic) bond motifs is 2. The van der Waals surface area contributed by atoms with E-state index in [-0.39, 0.29) is 11.4 Å². The fourth-order valence-electron chi connectivity index (χ4n) is 4.19. The molecule has 0 amide bonds. The molecule has 0 aliphatic carbocycles. The third-order valence-corrected chi connectivity index (χ3v) is 5.96. The molecular formula is C29H18N4O4. The van der Waals surface area contributed by atoms with Crippen LogP contribution in [0, 0.1) is 11.3 Å². The summed E-state index contributed by atoms with van der Waals surface area (Å²) >= 11 is 0. The Morgan fingerprint density at radius 3 is 2.65 bits per heavy atom. The van der Waals surface area contributed by atoms with Crippen LogP contribution in [0.1, 0.15) is 11.3 Å². The van der Waals surface area contributed by atoms with Crippen molar-refractivity contribution in [1.82, 2.24) is 9.66 Å². The highest BCUT2D eigenvalue weighted by Gasteiger charge is 2.18. The zero-order valence-electron chi connectivity index (χ0n) is 19.6. The molecule has 0 saturated heterocycles. The van der Waals surface area contributed by atoms with E-state index in [9.17, 15) is 10.1 Å². The molecule has 6 aromatic rings. The molecule has 3 heterocycles. The van der Waals surface area contributed by atoms with Crippen LogP contribution >= 0.6 is 0 Å². The van der Waals surface area contributed by atoms with Gasteiger partial charge in [-0.1, -0.05) is 30.3 Å². The van der Waals surface area contributed by atoms with Crippen LogP contribution < -0.4 is 10.3 Å². The Hall–Kier alpha value is -5.42. The summed E-state index contributed by atoms with van der Waals surface area (Å²) < 4.78 is 18.6. The normalized spacial score (nSPS) is 11.4. The van der Waals surface area contributed by atoms with Crippen molar-refractivity contribution in [2.24, 2.45) is 5.10 Å². The molecule has 37 heavy (non-hydrogen) atoms. The number of hydrogen-bond donors (Lipinski definition) is 0. The first-order valence-corrected chi connectivity index (χ1v) is 11.4. The molecule has 0 atom stereocenters. The Morgan fingerprint density at radius 1 is 0.946 bits per heavy atom. The summed E-state index contributed by atoms with van der Waals surface area (Å²) in [5.74, 6) is 2.17. The lowest BCUT2D eigenvalue weighted by atomic mass is 10.1. The highest BCUT2D eigenvalue weighted by Crippen LogP contribution is 2.33. The maximum atomic E-state index is 13.5. The maximum Gasteiger partial charge on any atom is 0.282 e. The van der Waals surface area contributed by atoms with E-state index in [2.05, 4.69) is 11.2 Å². The molecule has 0 radical (unpaired) electrons. The van der Waals surface area contributed by atoms with Crippen molar-refractivity contribution < 1.29 is 13.6 Å². The second kappa shape index (κ2) is 8.98. The number of rotatable bonds is 5. The molecule has 0 spiro atoms. The molecule has 0 aliphatic rings. The van der Waals surface area contributed by atoms with E-state index in [1.807, 2.05) is 36.4 Å². The van der Waals surface area contributed by atoms with Crippen molar-refractivity contribution in [2.75, 3.05) is 7.11 Å². The van der Waals surface area contributed by atoms with Gasteiger partial charge in [0.05, 0.1) is 41.2 Å². The predicted molar refractivity (Wildman–Crippen MR) is 140 cm³/mol. The van der Waals surface area contributed by atoms with Gasteiger partial charge < -0.3 is 13.6 Å². The zero-order valence-corrected chi connectivity index (χ0v) is 19.6. The van der Waals surface area contributed by atoms with E-state index in [0.29, 0.717) is 50.6 Å². The van der Waals surface area contributed by atoms with E-state index >= 15 is 0 Å². The number of aromatic nitrogens is 2. The molecule has 0 N–H and O–H groups in total. The Balaban J connectivity index is 1.48.